The van der Waals surface area contributed by atoms with Crippen LogP contribution >= 0.6 is 0 Å². The molecule has 3 aromatic rings. The summed E-state index contributed by atoms with van der Waals surface area (Å²) in [6.45, 7) is 3.05. The molecule has 3 aromatic carbocycles. The fourth-order valence-electron chi connectivity index (χ4n) is 3.80. The van der Waals surface area contributed by atoms with Crippen molar-refractivity contribution in [3.05, 3.63) is 90.0 Å². The number of likely N-dealkylation sites (N-methyl/N-ethyl adjacent to an activating group) is 1. The third-order valence-corrected chi connectivity index (χ3v) is 7.69. The number of amides is 2. The van der Waals surface area contributed by atoms with Gasteiger partial charge in [-0.1, -0.05) is 48.5 Å². The first kappa shape index (κ1) is 26.7. The number of carbonyl (C=O) groups is 2. The van der Waals surface area contributed by atoms with Gasteiger partial charge >= 0.3 is 0 Å². The van der Waals surface area contributed by atoms with Gasteiger partial charge in [0.15, 0.2) is 0 Å². The second-order valence-corrected chi connectivity index (χ2v) is 10.1. The largest absolute Gasteiger partial charge is 0.497 e. The van der Waals surface area contributed by atoms with Crippen molar-refractivity contribution in [2.24, 2.45) is 0 Å². The molecule has 0 bridgehead atoms. The van der Waals surface area contributed by atoms with Crippen molar-refractivity contribution in [2.45, 2.75) is 31.3 Å². The topological polar surface area (TPSA) is 96.0 Å². The molecule has 0 aromatic heterocycles. The fraction of sp³-hybridized carbons (Fsp3) is 0.259. The number of sulfonamides is 1. The smallest absolute Gasteiger partial charge is 0.264 e. The van der Waals surface area contributed by atoms with Crippen LogP contribution in [0.25, 0.3) is 0 Å². The number of benzene rings is 3. The third kappa shape index (κ3) is 6.04. The first-order chi connectivity index (χ1) is 17.2. The predicted octanol–water partition coefficient (Wildman–Crippen LogP) is 3.36. The lowest BCUT2D eigenvalue weighted by atomic mass is 10.1. The van der Waals surface area contributed by atoms with Crippen LogP contribution in [0, 0.1) is 6.92 Å². The number of hydrogen-bond donors (Lipinski definition) is 1. The van der Waals surface area contributed by atoms with Crippen molar-refractivity contribution in [3.8, 4) is 5.75 Å². The van der Waals surface area contributed by atoms with E-state index in [1.54, 1.807) is 87.7 Å². The molecule has 0 fully saturated rings. The number of carbonyl (C=O) groups excluding carboxylic acids is 2. The fourth-order valence-corrected chi connectivity index (χ4v) is 5.30. The molecular weight excluding hydrogens is 478 g/mol. The molecule has 0 heterocycles. The summed E-state index contributed by atoms with van der Waals surface area (Å²) in [4.78, 5) is 27.7. The van der Waals surface area contributed by atoms with Crippen LogP contribution in [0.5, 0.6) is 5.75 Å². The van der Waals surface area contributed by atoms with Crippen molar-refractivity contribution in [2.75, 3.05) is 25.0 Å². The monoisotopic (exact) mass is 509 g/mol. The number of nitrogens with zero attached hydrogens (tertiary/aromatic N) is 2. The molecule has 0 unspecified atom stereocenters. The van der Waals surface area contributed by atoms with Crippen LogP contribution in [-0.2, 0) is 26.2 Å². The van der Waals surface area contributed by atoms with Gasteiger partial charge in [-0.25, -0.2) is 8.42 Å². The lowest BCUT2D eigenvalue weighted by Crippen LogP contribution is -2.50. The van der Waals surface area contributed by atoms with Crippen LogP contribution in [0.15, 0.2) is 83.8 Å². The summed E-state index contributed by atoms with van der Waals surface area (Å²) in [6, 6.07) is 21.3. The summed E-state index contributed by atoms with van der Waals surface area (Å²) in [5, 5.41) is 2.57. The van der Waals surface area contributed by atoms with Gasteiger partial charge in [0.2, 0.25) is 11.8 Å². The van der Waals surface area contributed by atoms with Crippen molar-refractivity contribution in [1.82, 2.24) is 10.2 Å². The highest BCUT2D eigenvalue weighted by atomic mass is 32.2. The van der Waals surface area contributed by atoms with Gasteiger partial charge in [0, 0.05) is 13.6 Å². The second-order valence-electron chi connectivity index (χ2n) is 8.27. The maximum absolute atomic E-state index is 13.7. The number of aryl methyl sites for hydroxylation is 1. The third-order valence-electron chi connectivity index (χ3n) is 5.92. The zero-order chi connectivity index (χ0) is 26.3. The minimum Gasteiger partial charge on any atom is -0.497 e. The van der Waals surface area contributed by atoms with Crippen molar-refractivity contribution in [3.63, 3.8) is 0 Å². The Morgan fingerprint density at radius 1 is 0.944 bits per heavy atom. The van der Waals surface area contributed by atoms with Gasteiger partial charge in [0.05, 0.1) is 17.7 Å². The van der Waals surface area contributed by atoms with Gasteiger partial charge in [0.1, 0.15) is 18.3 Å². The Labute approximate surface area is 212 Å². The van der Waals surface area contributed by atoms with Gasteiger partial charge in [-0.15, -0.1) is 0 Å². The lowest BCUT2D eigenvalue weighted by molar-refractivity contribution is -0.139. The molecule has 1 atom stereocenters. The highest BCUT2D eigenvalue weighted by molar-refractivity contribution is 7.92. The standard InChI is InChI=1S/C27H31N3O5S/c1-20-10-8-9-13-25(20)30(36(33,34)24-11-6-5-7-12-24)19-26(31)29(21(2)27(32)28-3)18-22-14-16-23(35-4)17-15-22/h5-17,21H,18-19H2,1-4H3,(H,28,32)/t21-/m1/s1. The summed E-state index contributed by atoms with van der Waals surface area (Å²) < 4.78 is 33.7. The van der Waals surface area contributed by atoms with Crippen molar-refractivity contribution >= 4 is 27.5 Å². The zero-order valence-electron chi connectivity index (χ0n) is 20.8. The Morgan fingerprint density at radius 2 is 1.56 bits per heavy atom. The van der Waals surface area contributed by atoms with Crippen LogP contribution in [-0.4, -0.2) is 51.9 Å². The molecule has 0 aliphatic carbocycles. The maximum Gasteiger partial charge on any atom is 0.264 e. The quantitative estimate of drug-likeness (QED) is 0.452. The van der Waals surface area contributed by atoms with Crippen LogP contribution in [0.2, 0.25) is 0 Å². The molecule has 0 spiro atoms. The van der Waals surface area contributed by atoms with E-state index in [4.69, 9.17) is 4.74 Å². The SMILES string of the molecule is CNC(=O)[C@@H](C)N(Cc1ccc(OC)cc1)C(=O)CN(c1ccccc1C)S(=O)(=O)c1ccccc1. The zero-order valence-corrected chi connectivity index (χ0v) is 21.7. The molecule has 3 rings (SSSR count). The van der Waals surface area contributed by atoms with E-state index in [0.29, 0.717) is 17.0 Å². The minimum absolute atomic E-state index is 0.0714. The van der Waals surface area contributed by atoms with Gasteiger partial charge in [-0.2, -0.15) is 0 Å². The minimum atomic E-state index is -4.07. The molecule has 9 heteroatoms. The number of hydrogen-bond acceptors (Lipinski definition) is 5. The Bertz CT molecular complexity index is 1290. The number of para-hydroxylation sites is 1. The van der Waals surface area contributed by atoms with Gasteiger partial charge in [-0.3, -0.25) is 13.9 Å². The Balaban J connectivity index is 2.01. The first-order valence-corrected chi connectivity index (χ1v) is 12.9. The number of anilines is 1. The number of rotatable bonds is 10. The lowest BCUT2D eigenvalue weighted by Gasteiger charge is -2.32. The van der Waals surface area contributed by atoms with E-state index >= 15 is 0 Å². The van der Waals surface area contributed by atoms with E-state index in [1.807, 2.05) is 0 Å². The van der Waals surface area contributed by atoms with Crippen LogP contribution in [0.1, 0.15) is 18.1 Å². The molecule has 2 amide bonds. The molecule has 0 aliphatic rings. The summed E-state index contributed by atoms with van der Waals surface area (Å²) in [5.41, 5.74) is 1.87. The molecule has 0 saturated carbocycles. The number of nitrogens with one attached hydrogen (secondary N) is 1. The summed E-state index contributed by atoms with van der Waals surface area (Å²) in [7, 11) is -1.01. The Morgan fingerprint density at radius 3 is 2.14 bits per heavy atom. The van der Waals surface area contributed by atoms with E-state index in [0.717, 1.165) is 9.87 Å². The first-order valence-electron chi connectivity index (χ1n) is 11.5. The molecule has 0 saturated heterocycles. The van der Waals surface area contributed by atoms with Gasteiger partial charge < -0.3 is 15.0 Å². The van der Waals surface area contributed by atoms with Crippen molar-refractivity contribution in [1.29, 1.82) is 0 Å². The summed E-state index contributed by atoms with van der Waals surface area (Å²) in [5.74, 6) is -0.203. The van der Waals surface area contributed by atoms with E-state index in [9.17, 15) is 18.0 Å². The van der Waals surface area contributed by atoms with Crippen molar-refractivity contribution < 1.29 is 22.7 Å². The van der Waals surface area contributed by atoms with Gasteiger partial charge in [-0.05, 0) is 55.3 Å². The highest BCUT2D eigenvalue weighted by Crippen LogP contribution is 2.27. The Kier molecular flexibility index (Phi) is 8.71. The predicted molar refractivity (Wildman–Crippen MR) is 139 cm³/mol. The average Bonchev–Trinajstić information content (AvgIpc) is 2.90. The Hall–Kier alpha value is -3.85. The number of ether oxygens (including phenoxy) is 1. The molecule has 36 heavy (non-hydrogen) atoms. The van der Waals surface area contributed by atoms with Crippen LogP contribution in [0.4, 0.5) is 5.69 Å². The second kappa shape index (κ2) is 11.7. The van der Waals surface area contributed by atoms with E-state index in [-0.39, 0.29) is 17.3 Å². The highest BCUT2D eigenvalue weighted by Gasteiger charge is 2.32. The molecule has 1 N–H and O–H groups in total. The average molecular weight is 510 g/mol. The molecule has 8 nitrogen and oxygen atoms in total. The molecule has 0 radical (unpaired) electrons. The van der Waals surface area contributed by atoms with Crippen LogP contribution in [0.3, 0.4) is 0 Å². The summed E-state index contributed by atoms with van der Waals surface area (Å²) in [6.07, 6.45) is 0. The number of methoxy groups -OCH3 is 1. The van der Waals surface area contributed by atoms with Crippen LogP contribution < -0.4 is 14.4 Å². The molecular formula is C27H31N3O5S. The van der Waals surface area contributed by atoms with E-state index < -0.39 is 28.5 Å². The maximum atomic E-state index is 13.7. The van der Waals surface area contributed by atoms with E-state index in [1.165, 1.54) is 24.1 Å². The molecule has 190 valence electrons. The summed E-state index contributed by atoms with van der Waals surface area (Å²) >= 11 is 0. The van der Waals surface area contributed by atoms with E-state index in [2.05, 4.69) is 5.32 Å². The normalized spacial score (nSPS) is 11.9. The van der Waals surface area contributed by atoms with Gasteiger partial charge in [0.25, 0.3) is 10.0 Å². The molecule has 0 aliphatic heterocycles.